The second-order valence-electron chi connectivity index (χ2n) is 7.07. The molecule has 1 aliphatic carbocycles. The van der Waals surface area contributed by atoms with Crippen LogP contribution in [-0.2, 0) is 4.79 Å². The van der Waals surface area contributed by atoms with Crippen LogP contribution in [0.1, 0.15) is 51.6 Å². The Morgan fingerprint density at radius 2 is 2.07 bits per heavy atom. The zero-order valence-electron chi connectivity index (χ0n) is 15.7. The summed E-state index contributed by atoms with van der Waals surface area (Å²) in [4.78, 5) is 17.6. The Balaban J connectivity index is 0.000000376. The fraction of sp³-hybridized carbons (Fsp3) is 0.500. The van der Waals surface area contributed by atoms with Crippen molar-refractivity contribution in [2.24, 2.45) is 4.99 Å². The van der Waals surface area contributed by atoms with Crippen molar-refractivity contribution in [3.63, 3.8) is 0 Å². The number of benzene rings is 1. The number of H-pyrrole nitrogens is 1. The number of aromatic amines is 1. The van der Waals surface area contributed by atoms with Gasteiger partial charge in [-0.05, 0) is 38.0 Å². The van der Waals surface area contributed by atoms with Crippen molar-refractivity contribution < 1.29 is 9.90 Å². The molecule has 2 aliphatic rings. The molecule has 1 fully saturated rings. The standard InChI is InChI=1S/C17H20ClN3S.C3H6O2/c1-10-9-22-17(19-10)15-7-11-6-12(18)8-14(16(11)21-15)20-13-4-2-3-5-13;1-2-3(4)5/h6-8,10,13,20-21H,2-5,9H2,1H3;2H2,1H3,(H,4,5). The molecule has 0 spiro atoms. The van der Waals surface area contributed by atoms with Gasteiger partial charge >= 0.3 is 5.97 Å². The minimum absolute atomic E-state index is 0.222. The molecule has 5 nitrogen and oxygen atoms in total. The Kier molecular flexibility index (Phi) is 6.71. The summed E-state index contributed by atoms with van der Waals surface area (Å²) < 4.78 is 0. The highest BCUT2D eigenvalue weighted by Crippen LogP contribution is 2.33. The molecule has 0 saturated heterocycles. The number of halogens is 1. The van der Waals surface area contributed by atoms with Gasteiger partial charge in [0.2, 0.25) is 0 Å². The number of nitrogens with zero attached hydrogens (tertiary/aromatic N) is 1. The second-order valence-corrected chi connectivity index (χ2v) is 8.51. The molecular weight excluding hydrogens is 382 g/mol. The summed E-state index contributed by atoms with van der Waals surface area (Å²) in [5.74, 6) is 0.323. The van der Waals surface area contributed by atoms with Crippen LogP contribution < -0.4 is 5.32 Å². The van der Waals surface area contributed by atoms with E-state index in [-0.39, 0.29) is 6.42 Å². The van der Waals surface area contributed by atoms with Gasteiger partial charge in [-0.3, -0.25) is 9.79 Å². The SMILES string of the molecule is CC1CSC(c2cc3cc(Cl)cc(NC4CCCC4)c3[nH]2)=N1.CCC(=O)O. The van der Waals surface area contributed by atoms with Gasteiger partial charge in [-0.15, -0.1) is 11.8 Å². The van der Waals surface area contributed by atoms with Crippen LogP contribution in [0, 0.1) is 0 Å². The van der Waals surface area contributed by atoms with Crippen molar-refractivity contribution in [3.8, 4) is 0 Å². The molecule has 1 saturated carbocycles. The number of hydrogen-bond donors (Lipinski definition) is 3. The summed E-state index contributed by atoms with van der Waals surface area (Å²) in [5, 5.41) is 14.5. The number of hydrogen-bond acceptors (Lipinski definition) is 4. The molecule has 0 radical (unpaired) electrons. The van der Waals surface area contributed by atoms with Crippen LogP contribution in [0.4, 0.5) is 5.69 Å². The molecule has 3 N–H and O–H groups in total. The average molecular weight is 408 g/mol. The first-order valence-electron chi connectivity index (χ1n) is 9.47. The first-order valence-corrected chi connectivity index (χ1v) is 10.8. The van der Waals surface area contributed by atoms with Gasteiger partial charge in [-0.25, -0.2) is 0 Å². The van der Waals surface area contributed by atoms with E-state index in [2.05, 4.69) is 23.3 Å². The van der Waals surface area contributed by atoms with E-state index in [1.807, 2.05) is 23.9 Å². The number of carboxylic acids is 1. The second kappa shape index (κ2) is 9.02. The Labute approximate surface area is 169 Å². The third-order valence-electron chi connectivity index (χ3n) is 4.74. The molecule has 0 amide bonds. The molecule has 1 aromatic carbocycles. The third-order valence-corrected chi connectivity index (χ3v) is 6.21. The number of anilines is 1. The van der Waals surface area contributed by atoms with Crippen molar-refractivity contribution in [2.45, 2.75) is 58.0 Å². The predicted octanol–water partition coefficient (Wildman–Crippen LogP) is 5.54. The highest BCUT2D eigenvalue weighted by atomic mass is 35.5. The van der Waals surface area contributed by atoms with Gasteiger partial charge in [-0.1, -0.05) is 31.4 Å². The van der Waals surface area contributed by atoms with E-state index in [0.29, 0.717) is 12.1 Å². The van der Waals surface area contributed by atoms with E-state index in [4.69, 9.17) is 21.7 Å². The molecule has 0 bridgehead atoms. The van der Waals surface area contributed by atoms with Crippen molar-refractivity contribution in [1.82, 2.24) is 4.98 Å². The number of thioether (sulfide) groups is 1. The lowest BCUT2D eigenvalue weighted by atomic mass is 10.2. The maximum Gasteiger partial charge on any atom is 0.303 e. The van der Waals surface area contributed by atoms with Gasteiger partial charge in [0.25, 0.3) is 0 Å². The van der Waals surface area contributed by atoms with Gasteiger partial charge in [0.1, 0.15) is 5.04 Å². The molecule has 1 aromatic heterocycles. The lowest BCUT2D eigenvalue weighted by Gasteiger charge is -2.14. The quantitative estimate of drug-likeness (QED) is 0.621. The molecule has 1 unspecified atom stereocenters. The highest BCUT2D eigenvalue weighted by Gasteiger charge is 2.20. The Hall–Kier alpha value is -1.66. The smallest absolute Gasteiger partial charge is 0.303 e. The van der Waals surface area contributed by atoms with Gasteiger partial charge < -0.3 is 15.4 Å². The van der Waals surface area contributed by atoms with E-state index in [1.165, 1.54) is 25.7 Å². The summed E-state index contributed by atoms with van der Waals surface area (Å²) >= 11 is 8.14. The number of fused-ring (bicyclic) bond motifs is 1. The summed E-state index contributed by atoms with van der Waals surface area (Å²) in [6.07, 6.45) is 5.37. The maximum atomic E-state index is 9.37. The summed E-state index contributed by atoms with van der Waals surface area (Å²) in [7, 11) is 0. The Morgan fingerprint density at radius 3 is 2.67 bits per heavy atom. The monoisotopic (exact) mass is 407 g/mol. The Morgan fingerprint density at radius 1 is 1.37 bits per heavy atom. The van der Waals surface area contributed by atoms with Crippen LogP contribution in [-0.4, -0.2) is 38.9 Å². The normalized spacial score (nSPS) is 19.7. The fourth-order valence-corrected chi connectivity index (χ4v) is 4.57. The molecule has 146 valence electrons. The van der Waals surface area contributed by atoms with Gasteiger partial charge in [-0.2, -0.15) is 0 Å². The number of aromatic nitrogens is 1. The largest absolute Gasteiger partial charge is 0.481 e. The lowest BCUT2D eigenvalue weighted by molar-refractivity contribution is -0.136. The molecule has 2 aromatic rings. The van der Waals surface area contributed by atoms with Gasteiger partial charge in [0.05, 0.1) is 22.9 Å². The van der Waals surface area contributed by atoms with E-state index < -0.39 is 5.97 Å². The molecule has 1 aliphatic heterocycles. The zero-order valence-corrected chi connectivity index (χ0v) is 17.3. The topological polar surface area (TPSA) is 77.5 Å². The maximum absolute atomic E-state index is 9.37. The summed E-state index contributed by atoms with van der Waals surface area (Å²) in [6.45, 7) is 3.76. The highest BCUT2D eigenvalue weighted by molar-refractivity contribution is 8.14. The molecule has 4 rings (SSSR count). The van der Waals surface area contributed by atoms with Crippen LogP contribution in [0.2, 0.25) is 5.02 Å². The number of rotatable bonds is 4. The molecule has 2 heterocycles. The lowest BCUT2D eigenvalue weighted by Crippen LogP contribution is -2.14. The first-order chi connectivity index (χ1) is 13.0. The number of aliphatic carboxylic acids is 1. The van der Waals surface area contributed by atoms with Gasteiger partial charge in [0.15, 0.2) is 0 Å². The number of carboxylic acid groups (broad SMARTS) is 1. The van der Waals surface area contributed by atoms with Crippen molar-refractivity contribution in [1.29, 1.82) is 0 Å². The summed E-state index contributed by atoms with van der Waals surface area (Å²) in [6, 6.07) is 7.22. The van der Waals surface area contributed by atoms with E-state index in [9.17, 15) is 4.79 Å². The summed E-state index contributed by atoms with van der Waals surface area (Å²) in [5.41, 5.74) is 3.38. The van der Waals surface area contributed by atoms with Crippen molar-refractivity contribution in [3.05, 3.63) is 28.9 Å². The molecule has 7 heteroatoms. The first kappa shape index (κ1) is 20.1. The van der Waals surface area contributed by atoms with E-state index >= 15 is 0 Å². The van der Waals surface area contributed by atoms with Crippen LogP contribution in [0.15, 0.2) is 23.2 Å². The van der Waals surface area contributed by atoms with Crippen LogP contribution in [0.3, 0.4) is 0 Å². The van der Waals surface area contributed by atoms with E-state index in [1.54, 1.807) is 6.92 Å². The number of carbonyl (C=O) groups is 1. The van der Waals surface area contributed by atoms with E-state index in [0.717, 1.165) is 38.1 Å². The zero-order chi connectivity index (χ0) is 19.4. The van der Waals surface area contributed by atoms with Crippen molar-refractivity contribution >= 4 is 51.0 Å². The average Bonchev–Trinajstić information content (AvgIpc) is 3.35. The fourth-order valence-electron chi connectivity index (χ4n) is 3.35. The predicted molar refractivity (Wildman–Crippen MR) is 116 cm³/mol. The minimum Gasteiger partial charge on any atom is -0.481 e. The Bertz CT molecular complexity index is 843. The van der Waals surface area contributed by atoms with Gasteiger partial charge in [0, 0.05) is 28.6 Å². The van der Waals surface area contributed by atoms with Crippen LogP contribution in [0.25, 0.3) is 10.9 Å². The van der Waals surface area contributed by atoms with Crippen LogP contribution in [0.5, 0.6) is 0 Å². The third kappa shape index (κ3) is 5.20. The van der Waals surface area contributed by atoms with Crippen molar-refractivity contribution in [2.75, 3.05) is 11.1 Å². The molecule has 27 heavy (non-hydrogen) atoms. The van der Waals surface area contributed by atoms with Crippen LogP contribution >= 0.6 is 23.4 Å². The number of aliphatic imine (C=N–C) groups is 1. The molecule has 1 atom stereocenters. The number of nitrogens with one attached hydrogen (secondary N) is 2. The minimum atomic E-state index is -0.745. The molecular formula is C20H26ClN3O2S.